The van der Waals surface area contributed by atoms with E-state index in [0.717, 1.165) is 57.5 Å². The number of rotatable bonds is 7. The summed E-state index contributed by atoms with van der Waals surface area (Å²) in [5, 5.41) is 7.01. The number of hydrogen-bond donors (Lipinski definition) is 2. The molecule has 0 bridgehead atoms. The first-order valence-corrected chi connectivity index (χ1v) is 9.48. The molecule has 134 valence electrons. The van der Waals surface area contributed by atoms with E-state index in [0.29, 0.717) is 12.1 Å². The topological polar surface area (TPSA) is 54.9 Å². The molecule has 0 spiro atoms. The monoisotopic (exact) mass is 325 g/mol. The summed E-state index contributed by atoms with van der Waals surface area (Å²) in [5.41, 5.74) is 0. The molecule has 1 aliphatic heterocycles. The van der Waals surface area contributed by atoms with Gasteiger partial charge < -0.3 is 20.1 Å². The molecule has 1 saturated heterocycles. The van der Waals surface area contributed by atoms with Crippen LogP contribution in [-0.4, -0.2) is 51.5 Å². The summed E-state index contributed by atoms with van der Waals surface area (Å²) >= 11 is 0. The molecule has 5 heteroatoms. The molecule has 2 rings (SSSR count). The highest BCUT2D eigenvalue weighted by molar-refractivity contribution is 5.79. The number of ether oxygens (including phenoxy) is 2. The smallest absolute Gasteiger partial charge is 0.191 e. The van der Waals surface area contributed by atoms with E-state index in [-0.39, 0.29) is 0 Å². The molecule has 1 aliphatic carbocycles. The van der Waals surface area contributed by atoms with Gasteiger partial charge in [-0.3, -0.25) is 4.99 Å². The first-order chi connectivity index (χ1) is 11.3. The van der Waals surface area contributed by atoms with Crippen molar-refractivity contribution < 1.29 is 9.47 Å². The van der Waals surface area contributed by atoms with Crippen LogP contribution in [0, 0.1) is 5.92 Å². The van der Waals surface area contributed by atoms with Crippen molar-refractivity contribution in [1.29, 1.82) is 0 Å². The van der Waals surface area contributed by atoms with Crippen molar-refractivity contribution in [3.05, 3.63) is 0 Å². The SMILES string of the molecule is CCC1CCCC(NC(=NC)NCCCOC2CCOCC2)C1. The van der Waals surface area contributed by atoms with Crippen molar-refractivity contribution in [2.75, 3.05) is 33.4 Å². The second kappa shape index (κ2) is 10.9. The zero-order valence-corrected chi connectivity index (χ0v) is 15.0. The van der Waals surface area contributed by atoms with E-state index in [4.69, 9.17) is 9.47 Å². The van der Waals surface area contributed by atoms with Gasteiger partial charge in [0, 0.05) is 39.5 Å². The standard InChI is InChI=1S/C18H35N3O2/c1-3-15-6-4-7-16(14-15)21-18(19-2)20-10-5-11-23-17-8-12-22-13-9-17/h15-17H,3-14H2,1-2H3,(H2,19,20,21). The van der Waals surface area contributed by atoms with Crippen molar-refractivity contribution in [2.24, 2.45) is 10.9 Å². The Labute approximate surface area is 141 Å². The zero-order chi connectivity index (χ0) is 16.3. The summed E-state index contributed by atoms with van der Waals surface area (Å²) in [6.45, 7) is 5.72. The molecule has 2 unspecified atom stereocenters. The summed E-state index contributed by atoms with van der Waals surface area (Å²) in [4.78, 5) is 4.36. The second-order valence-electron chi connectivity index (χ2n) is 6.82. The van der Waals surface area contributed by atoms with Gasteiger partial charge in [-0.15, -0.1) is 0 Å². The Balaban J connectivity index is 1.55. The van der Waals surface area contributed by atoms with Gasteiger partial charge in [-0.25, -0.2) is 0 Å². The molecular weight excluding hydrogens is 290 g/mol. The van der Waals surface area contributed by atoms with Crippen molar-refractivity contribution in [3.8, 4) is 0 Å². The summed E-state index contributed by atoms with van der Waals surface area (Å²) in [7, 11) is 1.86. The largest absolute Gasteiger partial charge is 0.381 e. The Hall–Kier alpha value is -0.810. The quantitative estimate of drug-likeness (QED) is 0.429. The molecule has 0 aromatic rings. The fraction of sp³-hybridized carbons (Fsp3) is 0.944. The molecular formula is C18H35N3O2. The number of nitrogens with one attached hydrogen (secondary N) is 2. The van der Waals surface area contributed by atoms with Crippen LogP contribution in [0.2, 0.25) is 0 Å². The maximum atomic E-state index is 5.90. The van der Waals surface area contributed by atoms with Crippen LogP contribution in [-0.2, 0) is 9.47 Å². The minimum atomic E-state index is 0.398. The number of aliphatic imine (C=N–C) groups is 1. The van der Waals surface area contributed by atoms with Crippen LogP contribution < -0.4 is 10.6 Å². The van der Waals surface area contributed by atoms with Crippen LogP contribution in [0.15, 0.2) is 4.99 Å². The van der Waals surface area contributed by atoms with Gasteiger partial charge in [-0.1, -0.05) is 26.2 Å². The maximum Gasteiger partial charge on any atom is 0.191 e. The van der Waals surface area contributed by atoms with E-state index in [9.17, 15) is 0 Å². The average Bonchev–Trinajstić information content (AvgIpc) is 2.61. The molecule has 0 radical (unpaired) electrons. The predicted octanol–water partition coefficient (Wildman–Crippen LogP) is 2.71. The van der Waals surface area contributed by atoms with Crippen LogP contribution in [0.25, 0.3) is 0 Å². The first kappa shape index (κ1) is 18.5. The number of guanidine groups is 1. The lowest BCUT2D eigenvalue weighted by Gasteiger charge is -2.30. The van der Waals surface area contributed by atoms with E-state index in [1.54, 1.807) is 0 Å². The van der Waals surface area contributed by atoms with Gasteiger partial charge in [-0.2, -0.15) is 0 Å². The number of hydrogen-bond acceptors (Lipinski definition) is 3. The van der Waals surface area contributed by atoms with Gasteiger partial charge in [-0.05, 0) is 38.0 Å². The van der Waals surface area contributed by atoms with Crippen molar-refractivity contribution in [2.45, 2.75) is 70.4 Å². The molecule has 1 heterocycles. The summed E-state index contributed by atoms with van der Waals surface area (Å²) in [5.74, 6) is 1.82. The fourth-order valence-corrected chi connectivity index (χ4v) is 3.55. The van der Waals surface area contributed by atoms with Crippen LogP contribution >= 0.6 is 0 Å². The highest BCUT2D eigenvalue weighted by Crippen LogP contribution is 2.26. The van der Waals surface area contributed by atoms with E-state index >= 15 is 0 Å². The predicted molar refractivity (Wildman–Crippen MR) is 94.9 cm³/mol. The lowest BCUT2D eigenvalue weighted by Crippen LogP contribution is -2.45. The van der Waals surface area contributed by atoms with E-state index < -0.39 is 0 Å². The summed E-state index contributed by atoms with van der Waals surface area (Å²) in [6, 6.07) is 0.582. The van der Waals surface area contributed by atoms with E-state index in [2.05, 4.69) is 22.5 Å². The highest BCUT2D eigenvalue weighted by atomic mass is 16.5. The lowest BCUT2D eigenvalue weighted by atomic mass is 9.84. The van der Waals surface area contributed by atoms with Crippen molar-refractivity contribution >= 4 is 5.96 Å². The van der Waals surface area contributed by atoms with Gasteiger partial charge in [0.2, 0.25) is 0 Å². The van der Waals surface area contributed by atoms with Crippen LogP contribution in [0.5, 0.6) is 0 Å². The van der Waals surface area contributed by atoms with Crippen molar-refractivity contribution in [1.82, 2.24) is 10.6 Å². The van der Waals surface area contributed by atoms with E-state index in [1.807, 2.05) is 7.05 Å². The normalized spacial score (nSPS) is 27.0. The minimum Gasteiger partial charge on any atom is -0.381 e. The molecule has 0 amide bonds. The molecule has 1 saturated carbocycles. The fourth-order valence-electron chi connectivity index (χ4n) is 3.55. The van der Waals surface area contributed by atoms with Gasteiger partial charge in [0.15, 0.2) is 5.96 Å². The molecule has 23 heavy (non-hydrogen) atoms. The third kappa shape index (κ3) is 7.08. The van der Waals surface area contributed by atoms with Gasteiger partial charge in [0.05, 0.1) is 6.10 Å². The molecule has 2 atom stereocenters. The third-order valence-corrected chi connectivity index (χ3v) is 5.06. The van der Waals surface area contributed by atoms with Gasteiger partial charge >= 0.3 is 0 Å². The zero-order valence-electron chi connectivity index (χ0n) is 15.0. The first-order valence-electron chi connectivity index (χ1n) is 9.48. The molecule has 0 aromatic carbocycles. The van der Waals surface area contributed by atoms with Crippen molar-refractivity contribution in [3.63, 3.8) is 0 Å². The molecule has 2 aliphatic rings. The third-order valence-electron chi connectivity index (χ3n) is 5.06. The van der Waals surface area contributed by atoms with E-state index in [1.165, 1.54) is 32.1 Å². The van der Waals surface area contributed by atoms with Crippen LogP contribution in [0.1, 0.15) is 58.3 Å². The maximum absolute atomic E-state index is 5.90. The van der Waals surface area contributed by atoms with Gasteiger partial charge in [0.1, 0.15) is 0 Å². The van der Waals surface area contributed by atoms with Gasteiger partial charge in [0.25, 0.3) is 0 Å². The Morgan fingerprint density at radius 2 is 2.04 bits per heavy atom. The lowest BCUT2D eigenvalue weighted by molar-refractivity contribution is -0.0320. The average molecular weight is 325 g/mol. The molecule has 2 fully saturated rings. The minimum absolute atomic E-state index is 0.398. The number of nitrogens with zero attached hydrogens (tertiary/aromatic N) is 1. The van der Waals surface area contributed by atoms with Crippen LogP contribution in [0.3, 0.4) is 0 Å². The Kier molecular flexibility index (Phi) is 8.76. The van der Waals surface area contributed by atoms with Crippen LogP contribution in [0.4, 0.5) is 0 Å². The highest BCUT2D eigenvalue weighted by Gasteiger charge is 2.21. The molecule has 5 nitrogen and oxygen atoms in total. The Bertz CT molecular complexity index is 343. The summed E-state index contributed by atoms with van der Waals surface area (Å²) < 4.78 is 11.2. The second-order valence-corrected chi connectivity index (χ2v) is 6.82. The Morgan fingerprint density at radius 1 is 1.22 bits per heavy atom. The Morgan fingerprint density at radius 3 is 2.78 bits per heavy atom. The molecule has 2 N–H and O–H groups in total. The molecule has 0 aromatic heterocycles. The summed E-state index contributed by atoms with van der Waals surface area (Å²) in [6.07, 6.45) is 10.1.